The Hall–Kier alpha value is -3.67. The third-order valence-corrected chi connectivity index (χ3v) is 4.35. The molecule has 6 heteroatoms. The Morgan fingerprint density at radius 2 is 1.72 bits per heavy atom. The predicted octanol–water partition coefficient (Wildman–Crippen LogP) is 4.38. The number of benzene rings is 2. The average Bonchev–Trinajstić information content (AvgIpc) is 3.21. The molecule has 0 saturated heterocycles. The number of furan rings is 1. The van der Waals surface area contributed by atoms with Crippen LogP contribution in [-0.4, -0.2) is 11.8 Å². The maximum Gasteiger partial charge on any atom is 0.268 e. The molecule has 5 nitrogen and oxygen atoms in total. The van der Waals surface area contributed by atoms with E-state index in [0.717, 1.165) is 11.1 Å². The van der Waals surface area contributed by atoms with Crippen LogP contribution in [0.3, 0.4) is 0 Å². The molecule has 1 unspecified atom stereocenters. The van der Waals surface area contributed by atoms with E-state index in [1.54, 1.807) is 43.3 Å². The molecule has 29 heavy (non-hydrogen) atoms. The van der Waals surface area contributed by atoms with E-state index in [1.807, 2.05) is 19.1 Å². The molecule has 1 heterocycles. The first-order valence-electron chi connectivity index (χ1n) is 9.12. The van der Waals surface area contributed by atoms with Crippen LogP contribution in [0.5, 0.6) is 0 Å². The monoisotopic (exact) mass is 392 g/mol. The SMILES string of the molecule is Cc1ccc(C(=O)N/C(=C\c2ccco2)C(=O)NC(C)c2ccc(F)cc2)cc1. The van der Waals surface area contributed by atoms with E-state index in [2.05, 4.69) is 10.6 Å². The average molecular weight is 392 g/mol. The van der Waals surface area contributed by atoms with Crippen molar-refractivity contribution >= 4 is 17.9 Å². The van der Waals surface area contributed by atoms with E-state index < -0.39 is 11.8 Å². The summed E-state index contributed by atoms with van der Waals surface area (Å²) in [6.45, 7) is 3.70. The number of amides is 2. The first-order valence-corrected chi connectivity index (χ1v) is 9.12. The van der Waals surface area contributed by atoms with Gasteiger partial charge in [0.1, 0.15) is 17.3 Å². The second kappa shape index (κ2) is 9.01. The van der Waals surface area contributed by atoms with Gasteiger partial charge in [0.25, 0.3) is 11.8 Å². The van der Waals surface area contributed by atoms with E-state index in [4.69, 9.17) is 4.42 Å². The normalized spacial score (nSPS) is 12.3. The molecule has 2 amide bonds. The molecule has 2 aromatic carbocycles. The number of hydrogen-bond acceptors (Lipinski definition) is 3. The molecule has 148 valence electrons. The van der Waals surface area contributed by atoms with Crippen molar-refractivity contribution in [2.24, 2.45) is 0 Å². The van der Waals surface area contributed by atoms with Crippen LogP contribution in [-0.2, 0) is 4.79 Å². The highest BCUT2D eigenvalue weighted by atomic mass is 19.1. The van der Waals surface area contributed by atoms with Crippen molar-refractivity contribution in [3.8, 4) is 0 Å². The Morgan fingerprint density at radius 3 is 2.34 bits per heavy atom. The Labute approximate surface area is 168 Å². The maximum atomic E-state index is 13.1. The van der Waals surface area contributed by atoms with Gasteiger partial charge in [-0.2, -0.15) is 0 Å². The van der Waals surface area contributed by atoms with E-state index in [1.165, 1.54) is 24.5 Å². The minimum absolute atomic E-state index is 0.0412. The second-order valence-electron chi connectivity index (χ2n) is 6.64. The van der Waals surface area contributed by atoms with Crippen molar-refractivity contribution in [2.75, 3.05) is 0 Å². The summed E-state index contributed by atoms with van der Waals surface area (Å²) in [7, 11) is 0. The number of nitrogens with one attached hydrogen (secondary N) is 2. The van der Waals surface area contributed by atoms with Crippen LogP contribution in [0.2, 0.25) is 0 Å². The highest BCUT2D eigenvalue weighted by molar-refractivity contribution is 6.05. The van der Waals surface area contributed by atoms with Gasteiger partial charge in [-0.1, -0.05) is 29.8 Å². The van der Waals surface area contributed by atoms with Crippen LogP contribution in [0, 0.1) is 12.7 Å². The summed E-state index contributed by atoms with van der Waals surface area (Å²) in [5.41, 5.74) is 2.24. The summed E-state index contributed by atoms with van der Waals surface area (Å²) in [5, 5.41) is 5.45. The van der Waals surface area contributed by atoms with E-state index >= 15 is 0 Å². The van der Waals surface area contributed by atoms with Gasteiger partial charge in [0.2, 0.25) is 0 Å². The summed E-state index contributed by atoms with van der Waals surface area (Å²) in [4.78, 5) is 25.4. The minimum atomic E-state index is -0.487. The molecule has 0 saturated carbocycles. The fourth-order valence-corrected chi connectivity index (χ4v) is 2.68. The van der Waals surface area contributed by atoms with Crippen molar-refractivity contribution in [3.63, 3.8) is 0 Å². The van der Waals surface area contributed by atoms with Crippen molar-refractivity contribution in [1.82, 2.24) is 10.6 Å². The number of carbonyl (C=O) groups is 2. The molecule has 0 aliphatic carbocycles. The van der Waals surface area contributed by atoms with Gasteiger partial charge in [-0.3, -0.25) is 9.59 Å². The number of aryl methyl sites for hydroxylation is 1. The lowest BCUT2D eigenvalue weighted by Gasteiger charge is -2.16. The molecular formula is C23H21FN2O3. The molecule has 3 aromatic rings. The largest absolute Gasteiger partial charge is 0.465 e. The molecular weight excluding hydrogens is 371 g/mol. The number of rotatable bonds is 6. The Bertz CT molecular complexity index is 1010. The molecule has 2 N–H and O–H groups in total. The topological polar surface area (TPSA) is 71.3 Å². The van der Waals surface area contributed by atoms with Crippen molar-refractivity contribution in [1.29, 1.82) is 0 Å². The van der Waals surface area contributed by atoms with Gasteiger partial charge in [0.05, 0.1) is 12.3 Å². The third-order valence-electron chi connectivity index (χ3n) is 4.35. The van der Waals surface area contributed by atoms with E-state index in [-0.39, 0.29) is 17.6 Å². The summed E-state index contributed by atoms with van der Waals surface area (Å²) in [5.74, 6) is -0.823. The Balaban J connectivity index is 1.79. The smallest absolute Gasteiger partial charge is 0.268 e. The summed E-state index contributed by atoms with van der Waals surface area (Å²) in [6, 6.07) is 15.8. The Kier molecular flexibility index (Phi) is 6.24. The molecule has 0 aliphatic heterocycles. The van der Waals surface area contributed by atoms with Crippen molar-refractivity contribution in [3.05, 3.63) is 101 Å². The van der Waals surface area contributed by atoms with Gasteiger partial charge in [0.15, 0.2) is 0 Å². The van der Waals surface area contributed by atoms with E-state index in [9.17, 15) is 14.0 Å². The Morgan fingerprint density at radius 1 is 1.03 bits per heavy atom. The standard InChI is InChI=1S/C23H21FN2O3/c1-15-5-7-18(8-6-15)22(27)26-21(14-20-4-3-13-29-20)23(28)25-16(2)17-9-11-19(24)12-10-17/h3-14,16H,1-2H3,(H,25,28)(H,26,27)/b21-14-. The van der Waals surface area contributed by atoms with E-state index in [0.29, 0.717) is 11.3 Å². The van der Waals surface area contributed by atoms with Gasteiger partial charge in [-0.25, -0.2) is 4.39 Å². The van der Waals surface area contributed by atoms with Gasteiger partial charge < -0.3 is 15.1 Å². The molecule has 3 rings (SSSR count). The zero-order valence-electron chi connectivity index (χ0n) is 16.1. The van der Waals surface area contributed by atoms with Crippen LogP contribution in [0.25, 0.3) is 6.08 Å². The number of halogens is 1. The zero-order valence-corrected chi connectivity index (χ0v) is 16.1. The maximum absolute atomic E-state index is 13.1. The van der Waals surface area contributed by atoms with Crippen molar-refractivity contribution < 1.29 is 18.4 Å². The van der Waals surface area contributed by atoms with Crippen LogP contribution in [0.15, 0.2) is 77.0 Å². The highest BCUT2D eigenvalue weighted by Crippen LogP contribution is 2.15. The van der Waals surface area contributed by atoms with Gasteiger partial charge in [0, 0.05) is 11.6 Å². The molecule has 0 bridgehead atoms. The van der Waals surface area contributed by atoms with Crippen LogP contribution in [0.1, 0.15) is 40.2 Å². The molecule has 0 aliphatic rings. The fraction of sp³-hybridized carbons (Fsp3) is 0.130. The number of carbonyl (C=O) groups excluding carboxylic acids is 2. The fourth-order valence-electron chi connectivity index (χ4n) is 2.68. The quantitative estimate of drug-likeness (QED) is 0.612. The van der Waals surface area contributed by atoms with Crippen LogP contribution >= 0.6 is 0 Å². The first-order chi connectivity index (χ1) is 13.9. The van der Waals surface area contributed by atoms with Crippen molar-refractivity contribution in [2.45, 2.75) is 19.9 Å². The molecule has 1 atom stereocenters. The molecule has 0 spiro atoms. The summed E-state index contributed by atoms with van der Waals surface area (Å²) >= 11 is 0. The predicted molar refractivity (Wildman–Crippen MR) is 108 cm³/mol. The van der Waals surface area contributed by atoms with Crippen LogP contribution < -0.4 is 10.6 Å². The third kappa shape index (κ3) is 5.42. The lowest BCUT2D eigenvalue weighted by atomic mass is 10.1. The molecule has 1 aromatic heterocycles. The van der Waals surface area contributed by atoms with Gasteiger partial charge in [-0.05, 0) is 55.8 Å². The molecule has 0 radical (unpaired) electrons. The van der Waals surface area contributed by atoms with Gasteiger partial charge in [-0.15, -0.1) is 0 Å². The van der Waals surface area contributed by atoms with Crippen LogP contribution in [0.4, 0.5) is 4.39 Å². The highest BCUT2D eigenvalue weighted by Gasteiger charge is 2.18. The number of hydrogen-bond donors (Lipinski definition) is 2. The zero-order chi connectivity index (χ0) is 20.8. The lowest BCUT2D eigenvalue weighted by Crippen LogP contribution is -2.36. The summed E-state index contributed by atoms with van der Waals surface area (Å²) in [6.07, 6.45) is 2.93. The minimum Gasteiger partial charge on any atom is -0.465 e. The first kappa shape index (κ1) is 20.1. The lowest BCUT2D eigenvalue weighted by molar-refractivity contribution is -0.118. The van der Waals surface area contributed by atoms with Gasteiger partial charge >= 0.3 is 0 Å². The summed E-state index contributed by atoms with van der Waals surface area (Å²) < 4.78 is 18.4. The second-order valence-corrected chi connectivity index (χ2v) is 6.64. The molecule has 0 fully saturated rings.